The van der Waals surface area contributed by atoms with Crippen molar-refractivity contribution < 1.29 is 14.7 Å². The van der Waals surface area contributed by atoms with Crippen LogP contribution in [-0.2, 0) is 9.59 Å². The molecule has 2 fully saturated rings. The summed E-state index contributed by atoms with van der Waals surface area (Å²) < 4.78 is 0. The van der Waals surface area contributed by atoms with E-state index >= 15 is 0 Å². The van der Waals surface area contributed by atoms with Crippen LogP contribution < -0.4 is 5.73 Å². The zero-order valence-corrected chi connectivity index (χ0v) is 12.3. The summed E-state index contributed by atoms with van der Waals surface area (Å²) >= 11 is 0. The average molecular weight is 282 g/mol. The van der Waals surface area contributed by atoms with Gasteiger partial charge in [0.05, 0.1) is 6.10 Å². The highest BCUT2D eigenvalue weighted by Crippen LogP contribution is 2.43. The summed E-state index contributed by atoms with van der Waals surface area (Å²) in [6.07, 6.45) is 7.71. The second-order valence-corrected chi connectivity index (χ2v) is 6.55. The van der Waals surface area contributed by atoms with Gasteiger partial charge in [0.2, 0.25) is 11.8 Å². The van der Waals surface area contributed by atoms with Gasteiger partial charge >= 0.3 is 0 Å². The Morgan fingerprint density at radius 1 is 1.25 bits per heavy atom. The Bertz CT molecular complexity index is 373. The summed E-state index contributed by atoms with van der Waals surface area (Å²) in [5.41, 5.74) is 5.36. The third-order valence-corrected chi connectivity index (χ3v) is 4.85. The van der Waals surface area contributed by atoms with E-state index in [1.165, 1.54) is 31.1 Å². The van der Waals surface area contributed by atoms with Crippen LogP contribution in [0.1, 0.15) is 58.3 Å². The zero-order valence-electron chi connectivity index (χ0n) is 12.3. The van der Waals surface area contributed by atoms with E-state index in [9.17, 15) is 14.7 Å². The molecule has 2 amide bonds. The molecule has 1 aliphatic heterocycles. The van der Waals surface area contributed by atoms with Crippen molar-refractivity contribution >= 4 is 11.8 Å². The number of aliphatic hydroxyl groups excluding tert-OH is 1. The fraction of sp³-hybridized carbons (Fsp3) is 0.867. The molecule has 1 saturated carbocycles. The minimum atomic E-state index is -0.917. The SMILES string of the molecule is C[C@@H](O)[C@@H](C(N)=O)N1CC2(CCCCCCC2)CC1=O. The molecule has 0 unspecified atom stereocenters. The van der Waals surface area contributed by atoms with Gasteiger partial charge in [0.15, 0.2) is 0 Å². The zero-order chi connectivity index (χ0) is 14.8. The van der Waals surface area contributed by atoms with E-state index in [4.69, 9.17) is 5.73 Å². The number of aliphatic hydroxyl groups is 1. The van der Waals surface area contributed by atoms with Gasteiger partial charge in [-0.3, -0.25) is 9.59 Å². The molecule has 20 heavy (non-hydrogen) atoms. The number of amides is 2. The lowest BCUT2D eigenvalue weighted by atomic mass is 9.75. The summed E-state index contributed by atoms with van der Waals surface area (Å²) in [5, 5.41) is 9.75. The fourth-order valence-corrected chi connectivity index (χ4v) is 3.82. The number of nitrogens with two attached hydrogens (primary N) is 1. The number of carbonyl (C=O) groups excluding carboxylic acids is 2. The van der Waals surface area contributed by atoms with Crippen molar-refractivity contribution in [3.8, 4) is 0 Å². The first kappa shape index (κ1) is 15.3. The molecular formula is C15H26N2O3. The number of hydrogen-bond acceptors (Lipinski definition) is 3. The Morgan fingerprint density at radius 3 is 2.30 bits per heavy atom. The number of primary amides is 1. The van der Waals surface area contributed by atoms with Crippen molar-refractivity contribution in [2.45, 2.75) is 70.4 Å². The van der Waals surface area contributed by atoms with Crippen molar-refractivity contribution in [3.05, 3.63) is 0 Å². The van der Waals surface area contributed by atoms with Crippen LogP contribution in [0.4, 0.5) is 0 Å². The van der Waals surface area contributed by atoms with Crippen molar-refractivity contribution in [2.75, 3.05) is 6.54 Å². The highest BCUT2D eigenvalue weighted by molar-refractivity contribution is 5.88. The molecule has 2 atom stereocenters. The lowest BCUT2D eigenvalue weighted by Gasteiger charge is -2.33. The normalized spacial score (nSPS) is 26.1. The largest absolute Gasteiger partial charge is 0.391 e. The van der Waals surface area contributed by atoms with Gasteiger partial charge in [0, 0.05) is 13.0 Å². The standard InChI is InChI=1S/C15H26N2O3/c1-11(18)13(14(16)20)17-10-15(9-12(17)19)7-5-3-2-4-6-8-15/h11,13,18H,2-10H2,1H3,(H2,16,20)/t11-,13+/m1/s1. The molecule has 114 valence electrons. The lowest BCUT2D eigenvalue weighted by molar-refractivity contribution is -0.139. The summed E-state index contributed by atoms with van der Waals surface area (Å²) in [6, 6.07) is -0.882. The summed E-state index contributed by atoms with van der Waals surface area (Å²) in [6.45, 7) is 2.09. The van der Waals surface area contributed by atoms with Gasteiger partial charge in [-0.2, -0.15) is 0 Å². The fourth-order valence-electron chi connectivity index (χ4n) is 3.82. The van der Waals surface area contributed by atoms with Crippen LogP contribution in [0.3, 0.4) is 0 Å². The highest BCUT2D eigenvalue weighted by Gasteiger charge is 2.47. The van der Waals surface area contributed by atoms with Crippen LogP contribution in [0, 0.1) is 5.41 Å². The molecule has 2 rings (SSSR count). The van der Waals surface area contributed by atoms with Crippen LogP contribution in [0.2, 0.25) is 0 Å². The van der Waals surface area contributed by atoms with Crippen LogP contribution in [0.25, 0.3) is 0 Å². The van der Waals surface area contributed by atoms with E-state index in [0.29, 0.717) is 13.0 Å². The molecule has 0 aromatic rings. The van der Waals surface area contributed by atoms with Gasteiger partial charge in [-0.1, -0.05) is 32.1 Å². The molecule has 1 saturated heterocycles. The van der Waals surface area contributed by atoms with E-state index in [1.807, 2.05) is 0 Å². The quantitative estimate of drug-likeness (QED) is 0.815. The first-order valence-electron chi connectivity index (χ1n) is 7.72. The third-order valence-electron chi connectivity index (χ3n) is 4.85. The first-order valence-corrected chi connectivity index (χ1v) is 7.72. The van der Waals surface area contributed by atoms with Crippen LogP contribution in [0.15, 0.2) is 0 Å². The summed E-state index contributed by atoms with van der Waals surface area (Å²) in [5.74, 6) is -0.647. The second-order valence-electron chi connectivity index (χ2n) is 6.55. The molecule has 0 aromatic heterocycles. The summed E-state index contributed by atoms with van der Waals surface area (Å²) in [4.78, 5) is 25.4. The van der Waals surface area contributed by atoms with Crippen LogP contribution in [-0.4, -0.2) is 40.5 Å². The van der Waals surface area contributed by atoms with Gasteiger partial charge < -0.3 is 15.7 Å². The number of likely N-dealkylation sites (tertiary alicyclic amines) is 1. The van der Waals surface area contributed by atoms with Gasteiger partial charge in [0.1, 0.15) is 6.04 Å². The topological polar surface area (TPSA) is 83.6 Å². The third kappa shape index (κ3) is 3.14. The Kier molecular flexibility index (Phi) is 4.68. The molecule has 1 heterocycles. The number of carbonyl (C=O) groups is 2. The highest BCUT2D eigenvalue weighted by atomic mass is 16.3. The van der Waals surface area contributed by atoms with Crippen molar-refractivity contribution in [1.82, 2.24) is 4.90 Å². The van der Waals surface area contributed by atoms with Crippen molar-refractivity contribution in [3.63, 3.8) is 0 Å². The molecule has 3 N–H and O–H groups in total. The smallest absolute Gasteiger partial charge is 0.242 e. The van der Waals surface area contributed by atoms with Gasteiger partial charge in [0.25, 0.3) is 0 Å². The second kappa shape index (κ2) is 6.12. The monoisotopic (exact) mass is 282 g/mol. The minimum Gasteiger partial charge on any atom is -0.391 e. The van der Waals surface area contributed by atoms with E-state index in [2.05, 4.69) is 0 Å². The van der Waals surface area contributed by atoms with Gasteiger partial charge in [-0.15, -0.1) is 0 Å². The molecule has 5 heteroatoms. The molecule has 1 aliphatic carbocycles. The maximum absolute atomic E-state index is 12.3. The lowest BCUT2D eigenvalue weighted by Crippen LogP contribution is -2.52. The van der Waals surface area contributed by atoms with E-state index < -0.39 is 18.1 Å². The molecule has 0 aromatic carbocycles. The van der Waals surface area contributed by atoms with Gasteiger partial charge in [-0.05, 0) is 25.2 Å². The molecular weight excluding hydrogens is 256 g/mol. The predicted octanol–water partition coefficient (Wildman–Crippen LogP) is 1.18. The minimum absolute atomic E-state index is 0.0000926. The number of rotatable bonds is 3. The molecule has 5 nitrogen and oxygen atoms in total. The summed E-state index contributed by atoms with van der Waals surface area (Å²) in [7, 11) is 0. The molecule has 1 spiro atoms. The van der Waals surface area contributed by atoms with Crippen molar-refractivity contribution in [2.24, 2.45) is 11.1 Å². The average Bonchev–Trinajstić information content (AvgIpc) is 2.62. The Labute approximate surface area is 120 Å². The Morgan fingerprint density at radius 2 is 1.80 bits per heavy atom. The Balaban J connectivity index is 2.13. The maximum Gasteiger partial charge on any atom is 0.242 e. The molecule has 2 aliphatic rings. The number of hydrogen-bond donors (Lipinski definition) is 2. The number of nitrogens with zero attached hydrogens (tertiary/aromatic N) is 1. The molecule has 0 radical (unpaired) electrons. The van der Waals surface area contributed by atoms with Crippen molar-refractivity contribution in [1.29, 1.82) is 0 Å². The van der Waals surface area contributed by atoms with E-state index in [-0.39, 0.29) is 11.3 Å². The van der Waals surface area contributed by atoms with E-state index in [0.717, 1.165) is 25.7 Å². The predicted molar refractivity (Wildman–Crippen MR) is 75.7 cm³/mol. The van der Waals surface area contributed by atoms with Crippen LogP contribution >= 0.6 is 0 Å². The Hall–Kier alpha value is -1.10. The maximum atomic E-state index is 12.3. The van der Waals surface area contributed by atoms with Crippen LogP contribution in [0.5, 0.6) is 0 Å². The van der Waals surface area contributed by atoms with E-state index in [1.54, 1.807) is 0 Å². The molecule has 0 bridgehead atoms. The first-order chi connectivity index (χ1) is 9.45. The van der Waals surface area contributed by atoms with Gasteiger partial charge in [-0.25, -0.2) is 0 Å².